The molecule has 2 rings (SSSR count). The first-order valence-electron chi connectivity index (χ1n) is 6.13. The zero-order valence-electron chi connectivity index (χ0n) is 11.4. The predicted molar refractivity (Wildman–Crippen MR) is 77.9 cm³/mol. The molecule has 2 N–H and O–H groups in total. The Labute approximate surface area is 126 Å². The zero-order chi connectivity index (χ0) is 16.3. The van der Waals surface area contributed by atoms with Crippen LogP contribution in [0, 0.1) is 11.6 Å². The third kappa shape index (κ3) is 3.79. The summed E-state index contributed by atoms with van der Waals surface area (Å²) in [5.74, 6) is -2.63. The molecule has 0 fully saturated rings. The molecule has 0 bridgehead atoms. The van der Waals surface area contributed by atoms with Crippen LogP contribution in [0.1, 0.15) is 6.92 Å². The topological polar surface area (TPSA) is 75.3 Å². The Kier molecular flexibility index (Phi) is 4.41. The fraction of sp³-hybridized carbons (Fsp3) is 0.0714. The van der Waals surface area contributed by atoms with E-state index >= 15 is 0 Å². The number of benzene rings is 2. The summed E-state index contributed by atoms with van der Waals surface area (Å²) in [5.41, 5.74) is 0.724. The van der Waals surface area contributed by atoms with Gasteiger partial charge in [0.1, 0.15) is 0 Å². The fourth-order valence-electron chi connectivity index (χ4n) is 1.68. The van der Waals surface area contributed by atoms with Gasteiger partial charge in [-0.1, -0.05) is 0 Å². The molecule has 0 aliphatic heterocycles. The minimum atomic E-state index is -4.03. The molecule has 0 heterocycles. The molecule has 0 saturated carbocycles. The predicted octanol–water partition coefficient (Wildman–Crippen LogP) is 2.72. The third-order valence-electron chi connectivity index (χ3n) is 2.66. The van der Waals surface area contributed by atoms with Gasteiger partial charge in [-0.3, -0.25) is 9.52 Å². The summed E-state index contributed by atoms with van der Waals surface area (Å²) in [4.78, 5) is 10.5. The molecule has 22 heavy (non-hydrogen) atoms. The maximum Gasteiger partial charge on any atom is 0.261 e. The van der Waals surface area contributed by atoms with E-state index in [2.05, 4.69) is 10.0 Å². The van der Waals surface area contributed by atoms with Gasteiger partial charge in [-0.25, -0.2) is 17.2 Å². The van der Waals surface area contributed by atoms with Crippen LogP contribution in [0.25, 0.3) is 0 Å². The average molecular weight is 326 g/mol. The van der Waals surface area contributed by atoms with E-state index in [1.807, 2.05) is 0 Å². The molecule has 2 aromatic carbocycles. The second-order valence-electron chi connectivity index (χ2n) is 4.44. The van der Waals surface area contributed by atoms with E-state index in [4.69, 9.17) is 0 Å². The normalized spacial score (nSPS) is 11.0. The maximum atomic E-state index is 13.1. The Balaban J connectivity index is 2.21. The molecular weight excluding hydrogens is 314 g/mol. The van der Waals surface area contributed by atoms with Crippen LogP contribution in [0.5, 0.6) is 0 Å². The Morgan fingerprint density at radius 1 is 0.955 bits per heavy atom. The van der Waals surface area contributed by atoms with E-state index < -0.39 is 26.6 Å². The van der Waals surface area contributed by atoms with Crippen molar-refractivity contribution in [3.63, 3.8) is 0 Å². The monoisotopic (exact) mass is 326 g/mol. The van der Waals surface area contributed by atoms with E-state index in [0.717, 1.165) is 12.1 Å². The van der Waals surface area contributed by atoms with Crippen LogP contribution in [-0.2, 0) is 14.8 Å². The number of sulfonamides is 1. The number of anilines is 2. The molecule has 0 atom stereocenters. The van der Waals surface area contributed by atoms with Gasteiger partial charge < -0.3 is 5.32 Å². The van der Waals surface area contributed by atoms with Gasteiger partial charge in [0.2, 0.25) is 5.91 Å². The van der Waals surface area contributed by atoms with Crippen molar-refractivity contribution in [1.29, 1.82) is 0 Å². The quantitative estimate of drug-likeness (QED) is 0.907. The highest BCUT2D eigenvalue weighted by molar-refractivity contribution is 7.92. The number of rotatable bonds is 4. The van der Waals surface area contributed by atoms with E-state index in [9.17, 15) is 22.0 Å². The van der Waals surface area contributed by atoms with Crippen molar-refractivity contribution in [2.24, 2.45) is 0 Å². The standard InChI is InChI=1S/C14H12F2N2O3S/c1-9(19)17-10-2-4-11(5-3-10)18-22(20,21)12-6-7-13(15)14(16)8-12/h2-8,18H,1H3,(H,17,19). The number of amides is 1. The van der Waals surface area contributed by atoms with Crippen molar-refractivity contribution in [3.05, 3.63) is 54.1 Å². The molecule has 5 nitrogen and oxygen atoms in total. The van der Waals surface area contributed by atoms with Gasteiger partial charge >= 0.3 is 0 Å². The Bertz CT molecular complexity index is 805. The summed E-state index contributed by atoms with van der Waals surface area (Å²) in [6, 6.07) is 8.18. The number of hydrogen-bond donors (Lipinski definition) is 2. The van der Waals surface area contributed by atoms with Crippen LogP contribution in [0.3, 0.4) is 0 Å². The minimum Gasteiger partial charge on any atom is -0.326 e. The molecule has 0 aromatic heterocycles. The summed E-state index contributed by atoms with van der Waals surface area (Å²) in [7, 11) is -4.03. The molecule has 1 amide bonds. The number of carbonyl (C=O) groups is 1. The lowest BCUT2D eigenvalue weighted by Gasteiger charge is -2.09. The van der Waals surface area contributed by atoms with Crippen molar-refractivity contribution in [3.8, 4) is 0 Å². The molecule has 0 aliphatic rings. The van der Waals surface area contributed by atoms with Crippen LogP contribution in [0.4, 0.5) is 20.2 Å². The van der Waals surface area contributed by atoms with Gasteiger partial charge in [0.05, 0.1) is 4.90 Å². The van der Waals surface area contributed by atoms with Gasteiger partial charge in [-0.2, -0.15) is 0 Å². The van der Waals surface area contributed by atoms with Crippen LogP contribution >= 0.6 is 0 Å². The molecule has 116 valence electrons. The lowest BCUT2D eigenvalue weighted by atomic mass is 10.3. The third-order valence-corrected chi connectivity index (χ3v) is 4.04. The first kappa shape index (κ1) is 15.9. The van der Waals surface area contributed by atoms with Crippen LogP contribution in [0.2, 0.25) is 0 Å². The van der Waals surface area contributed by atoms with E-state index in [1.165, 1.54) is 31.2 Å². The van der Waals surface area contributed by atoms with Gasteiger partial charge in [0.15, 0.2) is 11.6 Å². The van der Waals surface area contributed by atoms with E-state index in [1.54, 1.807) is 0 Å². The fourth-order valence-corrected chi connectivity index (χ4v) is 2.75. The minimum absolute atomic E-state index is 0.221. The van der Waals surface area contributed by atoms with E-state index in [-0.39, 0.29) is 11.6 Å². The summed E-state index contributed by atoms with van der Waals surface area (Å²) < 4.78 is 52.3. The SMILES string of the molecule is CC(=O)Nc1ccc(NS(=O)(=O)c2ccc(F)c(F)c2)cc1. The largest absolute Gasteiger partial charge is 0.326 e. The smallest absolute Gasteiger partial charge is 0.261 e. The molecular formula is C14H12F2N2O3S. The highest BCUT2D eigenvalue weighted by Gasteiger charge is 2.16. The summed E-state index contributed by atoms with van der Waals surface area (Å²) in [5, 5.41) is 2.53. The lowest BCUT2D eigenvalue weighted by Crippen LogP contribution is -2.13. The Morgan fingerprint density at radius 3 is 2.09 bits per heavy atom. The second-order valence-corrected chi connectivity index (χ2v) is 6.12. The van der Waals surface area contributed by atoms with Crippen molar-refractivity contribution in [2.75, 3.05) is 10.0 Å². The molecule has 0 aliphatic carbocycles. The molecule has 0 saturated heterocycles. The highest BCUT2D eigenvalue weighted by atomic mass is 32.2. The first-order valence-corrected chi connectivity index (χ1v) is 7.62. The van der Waals surface area contributed by atoms with Crippen molar-refractivity contribution >= 4 is 27.3 Å². The lowest BCUT2D eigenvalue weighted by molar-refractivity contribution is -0.114. The van der Waals surface area contributed by atoms with Crippen molar-refractivity contribution in [2.45, 2.75) is 11.8 Å². The Morgan fingerprint density at radius 2 is 1.55 bits per heavy atom. The highest BCUT2D eigenvalue weighted by Crippen LogP contribution is 2.19. The summed E-state index contributed by atoms with van der Waals surface area (Å²) >= 11 is 0. The summed E-state index contributed by atoms with van der Waals surface area (Å²) in [6.07, 6.45) is 0. The van der Waals surface area contributed by atoms with Crippen LogP contribution in [0.15, 0.2) is 47.4 Å². The molecule has 0 unspecified atom stereocenters. The molecule has 8 heteroatoms. The van der Waals surface area contributed by atoms with E-state index in [0.29, 0.717) is 11.8 Å². The van der Waals surface area contributed by atoms with Crippen molar-refractivity contribution in [1.82, 2.24) is 0 Å². The second kappa shape index (κ2) is 6.10. The zero-order valence-corrected chi connectivity index (χ0v) is 12.2. The number of hydrogen-bond acceptors (Lipinski definition) is 3. The summed E-state index contributed by atoms with van der Waals surface area (Å²) in [6.45, 7) is 1.35. The van der Waals surface area contributed by atoms with Crippen molar-refractivity contribution < 1.29 is 22.0 Å². The number of carbonyl (C=O) groups excluding carboxylic acids is 1. The van der Waals surface area contributed by atoms with Gasteiger partial charge in [0, 0.05) is 18.3 Å². The first-order chi connectivity index (χ1) is 10.3. The van der Waals surface area contributed by atoms with Crippen LogP contribution in [-0.4, -0.2) is 14.3 Å². The number of nitrogens with one attached hydrogen (secondary N) is 2. The van der Waals surface area contributed by atoms with Gasteiger partial charge in [-0.15, -0.1) is 0 Å². The maximum absolute atomic E-state index is 13.1. The van der Waals surface area contributed by atoms with Gasteiger partial charge in [0.25, 0.3) is 10.0 Å². The molecule has 0 radical (unpaired) electrons. The van der Waals surface area contributed by atoms with Gasteiger partial charge in [-0.05, 0) is 42.5 Å². The molecule has 2 aromatic rings. The average Bonchev–Trinajstić information content (AvgIpc) is 2.43. The number of halogens is 2. The molecule has 0 spiro atoms. The Hall–Kier alpha value is -2.48. The van der Waals surface area contributed by atoms with Crippen LogP contribution < -0.4 is 10.0 Å².